The van der Waals surface area contributed by atoms with E-state index >= 15 is 0 Å². The third kappa shape index (κ3) is 10.0. The zero-order chi connectivity index (χ0) is 9.07. The summed E-state index contributed by atoms with van der Waals surface area (Å²) in [6.07, 6.45) is 14.6. The zero-order valence-corrected chi connectivity index (χ0v) is 9.07. The van der Waals surface area contributed by atoms with Crippen molar-refractivity contribution in [1.82, 2.24) is 0 Å². The van der Waals surface area contributed by atoms with Crippen molar-refractivity contribution in [3.05, 3.63) is 0 Å². The van der Waals surface area contributed by atoms with Crippen LogP contribution in [0.5, 0.6) is 0 Å². The van der Waals surface area contributed by atoms with Crippen LogP contribution in [0.2, 0.25) is 0 Å². The van der Waals surface area contributed by atoms with Gasteiger partial charge in [-0.05, 0) is 0 Å². The van der Waals surface area contributed by atoms with Crippen molar-refractivity contribution in [2.45, 2.75) is 78.1 Å². The number of hydrogen-bond donors (Lipinski definition) is 0. The molecule has 0 saturated heterocycles. The molecule has 1 rings (SSSR count). The lowest BCUT2D eigenvalue weighted by atomic mass is 10.0. The van der Waals surface area contributed by atoms with Gasteiger partial charge in [0.1, 0.15) is 0 Å². The third-order valence-corrected chi connectivity index (χ3v) is 2.50. The van der Waals surface area contributed by atoms with E-state index in [2.05, 4.69) is 13.8 Å². The van der Waals surface area contributed by atoms with Gasteiger partial charge in [0.2, 0.25) is 0 Å². The van der Waals surface area contributed by atoms with Crippen molar-refractivity contribution in [1.29, 1.82) is 0 Å². The lowest BCUT2D eigenvalue weighted by Gasteiger charge is -2.05. The highest BCUT2D eigenvalue weighted by Crippen LogP contribution is 2.15. The number of hydrogen-bond acceptors (Lipinski definition) is 0. The highest BCUT2D eigenvalue weighted by Gasteiger charge is 1.95. The lowest BCUT2D eigenvalue weighted by molar-refractivity contribution is 0.504. The van der Waals surface area contributed by atoms with Gasteiger partial charge in [0.05, 0.1) is 0 Å². The molecule has 1 fully saturated rings. The zero-order valence-electron chi connectivity index (χ0n) is 9.07. The molecule has 0 radical (unpaired) electrons. The van der Waals surface area contributed by atoms with Gasteiger partial charge in [-0.2, -0.15) is 0 Å². The molecular formula is C12H26. The van der Waals surface area contributed by atoms with E-state index in [0.29, 0.717) is 0 Å². The van der Waals surface area contributed by atoms with Crippen molar-refractivity contribution in [3.8, 4) is 0 Å². The molecule has 0 aromatic carbocycles. The first kappa shape index (κ1) is 12.0. The Morgan fingerprint density at radius 2 is 0.667 bits per heavy atom. The SMILES string of the molecule is C1CCCCCCC1.CCCC. The summed E-state index contributed by atoms with van der Waals surface area (Å²) in [4.78, 5) is 0. The van der Waals surface area contributed by atoms with Crippen LogP contribution in [0.4, 0.5) is 0 Å². The van der Waals surface area contributed by atoms with Crippen molar-refractivity contribution in [2.75, 3.05) is 0 Å². The summed E-state index contributed by atoms with van der Waals surface area (Å²) in [5, 5.41) is 0. The van der Waals surface area contributed by atoms with Crippen LogP contribution in [0.1, 0.15) is 78.1 Å². The summed E-state index contributed by atoms with van der Waals surface area (Å²) in [5.74, 6) is 0. The predicted octanol–water partition coefficient (Wildman–Crippen LogP) is 4.93. The minimum Gasteiger partial charge on any atom is -0.0654 e. The van der Waals surface area contributed by atoms with Gasteiger partial charge in [0, 0.05) is 0 Å². The first-order valence-corrected chi connectivity index (χ1v) is 5.91. The van der Waals surface area contributed by atoms with E-state index in [9.17, 15) is 0 Å². The second-order valence-electron chi connectivity index (χ2n) is 3.83. The highest BCUT2D eigenvalue weighted by atomic mass is 14.0. The molecule has 0 bridgehead atoms. The fourth-order valence-corrected chi connectivity index (χ4v) is 1.41. The molecule has 0 spiro atoms. The molecule has 12 heavy (non-hydrogen) atoms. The molecule has 1 aliphatic carbocycles. The van der Waals surface area contributed by atoms with Crippen LogP contribution in [0, 0.1) is 0 Å². The van der Waals surface area contributed by atoms with E-state index in [-0.39, 0.29) is 0 Å². The molecule has 0 unspecified atom stereocenters. The molecule has 0 aromatic rings. The Morgan fingerprint density at radius 3 is 0.750 bits per heavy atom. The fourth-order valence-electron chi connectivity index (χ4n) is 1.41. The van der Waals surface area contributed by atoms with Crippen LogP contribution in [0.15, 0.2) is 0 Å². The van der Waals surface area contributed by atoms with E-state index in [0.717, 1.165) is 0 Å². The topological polar surface area (TPSA) is 0 Å². The van der Waals surface area contributed by atoms with E-state index in [4.69, 9.17) is 0 Å². The summed E-state index contributed by atoms with van der Waals surface area (Å²) >= 11 is 0. The maximum absolute atomic E-state index is 2.18. The Balaban J connectivity index is 0.000000261. The van der Waals surface area contributed by atoms with Gasteiger partial charge >= 0.3 is 0 Å². The first-order valence-electron chi connectivity index (χ1n) is 5.91. The maximum atomic E-state index is 2.18. The monoisotopic (exact) mass is 170 g/mol. The van der Waals surface area contributed by atoms with Gasteiger partial charge < -0.3 is 0 Å². The van der Waals surface area contributed by atoms with E-state index in [1.165, 1.54) is 64.2 Å². The van der Waals surface area contributed by atoms with Crippen molar-refractivity contribution in [3.63, 3.8) is 0 Å². The standard InChI is InChI=1S/C8H16.C4H10/c1-2-4-6-8-7-5-3-1;1-3-4-2/h1-8H2;3-4H2,1-2H3. The summed E-state index contributed by atoms with van der Waals surface area (Å²) in [7, 11) is 0. The Labute approximate surface area is 78.8 Å². The quantitative estimate of drug-likeness (QED) is 0.523. The third-order valence-electron chi connectivity index (χ3n) is 2.50. The normalized spacial score (nSPS) is 18.5. The minimum atomic E-state index is 1.32. The van der Waals surface area contributed by atoms with Crippen LogP contribution in [0.3, 0.4) is 0 Å². The Kier molecular flexibility index (Phi) is 11.0. The molecule has 74 valence electrons. The number of rotatable bonds is 1. The first-order chi connectivity index (χ1) is 5.91. The molecular weight excluding hydrogens is 144 g/mol. The van der Waals surface area contributed by atoms with E-state index in [1.807, 2.05) is 0 Å². The Hall–Kier alpha value is 0. The largest absolute Gasteiger partial charge is 0.0654 e. The lowest BCUT2D eigenvalue weighted by Crippen LogP contribution is -1.85. The van der Waals surface area contributed by atoms with Gasteiger partial charge in [-0.25, -0.2) is 0 Å². The smallest absolute Gasteiger partial charge is 0.0533 e. The van der Waals surface area contributed by atoms with Gasteiger partial charge in [0.25, 0.3) is 0 Å². The molecule has 0 aromatic heterocycles. The van der Waals surface area contributed by atoms with Gasteiger partial charge in [-0.1, -0.05) is 78.1 Å². The second kappa shape index (κ2) is 11.0. The molecule has 0 heterocycles. The van der Waals surface area contributed by atoms with Crippen molar-refractivity contribution < 1.29 is 0 Å². The van der Waals surface area contributed by atoms with Crippen molar-refractivity contribution in [2.24, 2.45) is 0 Å². The van der Waals surface area contributed by atoms with E-state index < -0.39 is 0 Å². The maximum Gasteiger partial charge on any atom is -0.0533 e. The summed E-state index contributed by atoms with van der Waals surface area (Å²) < 4.78 is 0. The molecule has 0 amide bonds. The molecule has 0 nitrogen and oxygen atoms in total. The average Bonchev–Trinajstić information content (AvgIpc) is 2.04. The van der Waals surface area contributed by atoms with Gasteiger partial charge in [-0.3, -0.25) is 0 Å². The summed E-state index contributed by atoms with van der Waals surface area (Å²) in [6.45, 7) is 4.36. The highest BCUT2D eigenvalue weighted by molar-refractivity contribution is 4.51. The predicted molar refractivity (Wildman–Crippen MR) is 57.5 cm³/mol. The summed E-state index contributed by atoms with van der Waals surface area (Å²) in [6, 6.07) is 0. The van der Waals surface area contributed by atoms with Crippen LogP contribution in [-0.2, 0) is 0 Å². The Bertz CT molecular complexity index is 40.4. The molecule has 0 aliphatic heterocycles. The van der Waals surface area contributed by atoms with E-state index in [1.54, 1.807) is 0 Å². The molecule has 1 aliphatic rings. The Morgan fingerprint density at radius 1 is 0.500 bits per heavy atom. The van der Waals surface area contributed by atoms with Crippen LogP contribution in [-0.4, -0.2) is 0 Å². The van der Waals surface area contributed by atoms with Crippen LogP contribution in [0.25, 0.3) is 0 Å². The summed E-state index contributed by atoms with van der Waals surface area (Å²) in [5.41, 5.74) is 0. The second-order valence-corrected chi connectivity index (χ2v) is 3.83. The minimum absolute atomic E-state index is 1.32. The van der Waals surface area contributed by atoms with Gasteiger partial charge in [0.15, 0.2) is 0 Å². The number of unbranched alkanes of at least 4 members (excludes halogenated alkanes) is 1. The van der Waals surface area contributed by atoms with Crippen molar-refractivity contribution >= 4 is 0 Å². The molecule has 1 saturated carbocycles. The molecule has 0 atom stereocenters. The van der Waals surface area contributed by atoms with Crippen LogP contribution >= 0.6 is 0 Å². The van der Waals surface area contributed by atoms with Crippen LogP contribution < -0.4 is 0 Å². The molecule has 0 N–H and O–H groups in total. The van der Waals surface area contributed by atoms with Gasteiger partial charge in [-0.15, -0.1) is 0 Å². The fraction of sp³-hybridized carbons (Fsp3) is 1.00. The average molecular weight is 170 g/mol. The molecule has 0 heteroatoms.